The zero-order chi connectivity index (χ0) is 12.3. The molecule has 0 saturated carbocycles. The third-order valence-electron chi connectivity index (χ3n) is 3.91. The van der Waals surface area contributed by atoms with Crippen molar-refractivity contribution in [2.45, 2.75) is 27.2 Å². The molecule has 1 aliphatic rings. The van der Waals surface area contributed by atoms with Crippen molar-refractivity contribution in [2.75, 3.05) is 11.9 Å². The van der Waals surface area contributed by atoms with Gasteiger partial charge in [0.15, 0.2) is 0 Å². The Bertz CT molecular complexity index is 380. The smallest absolute Gasteiger partial charge is 0.0340 e. The second kappa shape index (κ2) is 5.39. The summed E-state index contributed by atoms with van der Waals surface area (Å²) < 4.78 is 0. The molecule has 0 aromatic heterocycles. The van der Waals surface area contributed by atoms with Gasteiger partial charge in [-0.15, -0.1) is 0 Å². The zero-order valence-corrected chi connectivity index (χ0v) is 11.1. The minimum Gasteiger partial charge on any atom is -0.385 e. The Balaban J connectivity index is 1.95. The third-order valence-corrected chi connectivity index (χ3v) is 3.91. The molecule has 1 nitrogen and oxygen atoms in total. The second-order valence-corrected chi connectivity index (χ2v) is 5.46. The van der Waals surface area contributed by atoms with Crippen LogP contribution in [0.15, 0.2) is 42.0 Å². The first-order valence-corrected chi connectivity index (χ1v) is 6.63. The average molecular weight is 229 g/mol. The summed E-state index contributed by atoms with van der Waals surface area (Å²) in [6, 6.07) is 10.5. The van der Waals surface area contributed by atoms with Gasteiger partial charge in [-0.3, -0.25) is 0 Å². The Kier molecular flexibility index (Phi) is 3.88. The maximum absolute atomic E-state index is 3.56. The molecule has 1 N–H and O–H groups in total. The van der Waals surface area contributed by atoms with Gasteiger partial charge in [0, 0.05) is 12.2 Å². The van der Waals surface area contributed by atoms with Crippen molar-refractivity contribution < 1.29 is 0 Å². The van der Waals surface area contributed by atoms with Gasteiger partial charge in [-0.2, -0.15) is 0 Å². The van der Waals surface area contributed by atoms with E-state index in [1.807, 2.05) is 0 Å². The fraction of sp³-hybridized carbons (Fsp3) is 0.500. The van der Waals surface area contributed by atoms with Crippen LogP contribution < -0.4 is 5.32 Å². The van der Waals surface area contributed by atoms with E-state index in [1.165, 1.54) is 12.1 Å². The van der Waals surface area contributed by atoms with Crippen LogP contribution in [0.4, 0.5) is 5.69 Å². The van der Waals surface area contributed by atoms with Crippen LogP contribution in [0.25, 0.3) is 0 Å². The van der Waals surface area contributed by atoms with Crippen molar-refractivity contribution in [1.82, 2.24) is 0 Å². The predicted molar refractivity (Wildman–Crippen MR) is 75.1 cm³/mol. The molecule has 0 fully saturated rings. The first-order valence-electron chi connectivity index (χ1n) is 6.63. The van der Waals surface area contributed by atoms with Gasteiger partial charge in [-0.1, -0.05) is 43.7 Å². The fourth-order valence-electron chi connectivity index (χ4n) is 3.00. The number of hydrogen-bond donors (Lipinski definition) is 1. The average Bonchev–Trinajstić information content (AvgIpc) is 2.29. The summed E-state index contributed by atoms with van der Waals surface area (Å²) in [5.74, 6) is 2.22. The van der Waals surface area contributed by atoms with E-state index >= 15 is 0 Å². The first kappa shape index (κ1) is 12.2. The fourth-order valence-corrected chi connectivity index (χ4v) is 3.00. The third kappa shape index (κ3) is 3.12. The van der Waals surface area contributed by atoms with Crippen LogP contribution in [-0.2, 0) is 0 Å². The summed E-state index contributed by atoms with van der Waals surface area (Å²) in [5, 5.41) is 3.56. The van der Waals surface area contributed by atoms with Crippen molar-refractivity contribution in [3.63, 3.8) is 0 Å². The Morgan fingerprint density at radius 1 is 1.18 bits per heavy atom. The van der Waals surface area contributed by atoms with Gasteiger partial charge in [-0.25, -0.2) is 0 Å². The molecular formula is C16H23N. The number of rotatable bonds is 3. The molecule has 0 amide bonds. The lowest BCUT2D eigenvalue weighted by atomic mass is 9.75. The van der Waals surface area contributed by atoms with Crippen LogP contribution in [0.3, 0.4) is 0 Å². The number of anilines is 1. The Labute approximate surface area is 105 Å². The van der Waals surface area contributed by atoms with Crippen LogP contribution in [-0.4, -0.2) is 6.54 Å². The summed E-state index contributed by atoms with van der Waals surface area (Å²) in [7, 11) is 0. The molecule has 0 aliphatic heterocycles. The molecule has 1 aromatic carbocycles. The maximum Gasteiger partial charge on any atom is 0.0340 e. The van der Waals surface area contributed by atoms with Gasteiger partial charge in [0.1, 0.15) is 0 Å². The number of nitrogens with one attached hydrogen (secondary N) is 1. The summed E-state index contributed by atoms with van der Waals surface area (Å²) in [4.78, 5) is 0. The number of benzene rings is 1. The molecule has 1 heteroatoms. The van der Waals surface area contributed by atoms with Crippen LogP contribution >= 0.6 is 0 Å². The van der Waals surface area contributed by atoms with E-state index in [2.05, 4.69) is 62.5 Å². The Morgan fingerprint density at radius 2 is 1.88 bits per heavy atom. The Hall–Kier alpha value is -1.24. The van der Waals surface area contributed by atoms with Crippen LogP contribution in [0, 0.1) is 17.8 Å². The molecule has 0 bridgehead atoms. The molecule has 1 aliphatic carbocycles. The minimum absolute atomic E-state index is 0.690. The quantitative estimate of drug-likeness (QED) is 0.760. The van der Waals surface area contributed by atoms with E-state index in [1.54, 1.807) is 5.57 Å². The molecule has 92 valence electrons. The standard InChI is InChI=1S/C16H23N/c1-12-9-13(2)16(14(3)10-12)11-17-15-7-5-4-6-8-15/h4-9,13-14,16-17H,10-11H2,1-3H3/t13-,14+,16+/m1/s1. The van der Waals surface area contributed by atoms with Crippen LogP contribution in [0.5, 0.6) is 0 Å². The summed E-state index contributed by atoms with van der Waals surface area (Å²) >= 11 is 0. The number of para-hydroxylation sites is 1. The van der Waals surface area contributed by atoms with Crippen LogP contribution in [0.1, 0.15) is 27.2 Å². The molecule has 0 saturated heterocycles. The van der Waals surface area contributed by atoms with Gasteiger partial charge in [-0.05, 0) is 43.2 Å². The second-order valence-electron chi connectivity index (χ2n) is 5.46. The van der Waals surface area contributed by atoms with Gasteiger partial charge < -0.3 is 5.32 Å². The van der Waals surface area contributed by atoms with Gasteiger partial charge >= 0.3 is 0 Å². The highest BCUT2D eigenvalue weighted by molar-refractivity contribution is 5.42. The molecule has 17 heavy (non-hydrogen) atoms. The van der Waals surface area contributed by atoms with E-state index in [0.29, 0.717) is 5.92 Å². The molecule has 0 heterocycles. The van der Waals surface area contributed by atoms with E-state index in [0.717, 1.165) is 18.4 Å². The topological polar surface area (TPSA) is 12.0 Å². The van der Waals surface area contributed by atoms with Gasteiger partial charge in [0.25, 0.3) is 0 Å². The predicted octanol–water partition coefficient (Wildman–Crippen LogP) is 4.34. The molecule has 3 atom stereocenters. The lowest BCUT2D eigenvalue weighted by Crippen LogP contribution is -2.29. The van der Waals surface area contributed by atoms with E-state index in [-0.39, 0.29) is 0 Å². The normalized spacial score (nSPS) is 28.6. The molecule has 0 spiro atoms. The summed E-state index contributed by atoms with van der Waals surface area (Å²) in [5.41, 5.74) is 2.79. The van der Waals surface area contributed by atoms with Crippen molar-refractivity contribution >= 4 is 5.69 Å². The van der Waals surface area contributed by atoms with Crippen molar-refractivity contribution in [1.29, 1.82) is 0 Å². The van der Waals surface area contributed by atoms with Gasteiger partial charge in [0.05, 0.1) is 0 Å². The van der Waals surface area contributed by atoms with Crippen molar-refractivity contribution in [2.24, 2.45) is 17.8 Å². The largest absolute Gasteiger partial charge is 0.385 e. The highest BCUT2D eigenvalue weighted by Crippen LogP contribution is 2.33. The lowest BCUT2D eigenvalue weighted by Gasteiger charge is -2.33. The van der Waals surface area contributed by atoms with Crippen molar-refractivity contribution in [3.8, 4) is 0 Å². The summed E-state index contributed by atoms with van der Waals surface area (Å²) in [6.45, 7) is 8.06. The van der Waals surface area contributed by atoms with E-state index in [4.69, 9.17) is 0 Å². The number of allylic oxidation sites excluding steroid dienone is 2. The summed E-state index contributed by atoms with van der Waals surface area (Å²) in [6.07, 6.45) is 3.70. The zero-order valence-electron chi connectivity index (χ0n) is 11.1. The SMILES string of the molecule is CC1=C[C@@H](C)[C@H](CNc2ccccc2)[C@@H](C)C1. The van der Waals surface area contributed by atoms with E-state index in [9.17, 15) is 0 Å². The Morgan fingerprint density at radius 3 is 2.53 bits per heavy atom. The van der Waals surface area contributed by atoms with Crippen LogP contribution in [0.2, 0.25) is 0 Å². The molecule has 2 rings (SSSR count). The molecular weight excluding hydrogens is 206 g/mol. The minimum atomic E-state index is 0.690. The van der Waals surface area contributed by atoms with Crippen molar-refractivity contribution in [3.05, 3.63) is 42.0 Å². The molecule has 1 aromatic rings. The maximum atomic E-state index is 3.56. The highest BCUT2D eigenvalue weighted by atomic mass is 14.9. The highest BCUT2D eigenvalue weighted by Gasteiger charge is 2.26. The molecule has 0 radical (unpaired) electrons. The first-order chi connectivity index (χ1) is 8.16. The van der Waals surface area contributed by atoms with E-state index < -0.39 is 0 Å². The number of hydrogen-bond acceptors (Lipinski definition) is 1. The van der Waals surface area contributed by atoms with Gasteiger partial charge in [0.2, 0.25) is 0 Å². The molecule has 0 unspecified atom stereocenters. The monoisotopic (exact) mass is 229 g/mol. The lowest BCUT2D eigenvalue weighted by molar-refractivity contribution is 0.287.